The number of hydrogen-bond acceptors (Lipinski definition) is 6. The van der Waals surface area contributed by atoms with E-state index in [9.17, 15) is 4.79 Å². The smallest absolute Gasteiger partial charge is 0.323 e. The molecule has 8 heteroatoms. The second kappa shape index (κ2) is 9.44. The summed E-state index contributed by atoms with van der Waals surface area (Å²) >= 11 is 0. The molecule has 8 nitrogen and oxygen atoms in total. The van der Waals surface area contributed by atoms with Crippen molar-refractivity contribution in [1.29, 1.82) is 0 Å². The number of anilines is 3. The first-order valence-corrected chi connectivity index (χ1v) is 10.2. The highest BCUT2D eigenvalue weighted by Gasteiger charge is 2.15. The molecule has 0 bridgehead atoms. The molecule has 160 valence electrons. The third-order valence-electron chi connectivity index (χ3n) is 5.24. The standard InChI is InChI=1S/C23H26N6O2/c1-28-12-14-29(15-13-28)22-11-10-21(26-27-22)17-6-8-18(9-7-17)24-23(30)25-19-4-3-5-20(16-19)31-2/h3-11,16H,12-15H2,1-2H3,(H2,24,25,30). The number of carbonyl (C=O) groups excluding carboxylic acids is 1. The SMILES string of the molecule is COc1cccc(NC(=O)Nc2ccc(-c3ccc(N4CCN(C)CC4)nn3)cc2)c1. The number of benzene rings is 2. The Balaban J connectivity index is 1.36. The number of nitrogens with zero attached hydrogens (tertiary/aromatic N) is 4. The summed E-state index contributed by atoms with van der Waals surface area (Å²) in [5.74, 6) is 1.59. The van der Waals surface area contributed by atoms with Gasteiger partial charge in [-0.1, -0.05) is 18.2 Å². The molecule has 0 unspecified atom stereocenters. The molecule has 1 aliphatic rings. The zero-order valence-corrected chi connectivity index (χ0v) is 17.7. The summed E-state index contributed by atoms with van der Waals surface area (Å²) in [6, 6.07) is 18.4. The lowest BCUT2D eigenvalue weighted by Crippen LogP contribution is -2.44. The van der Waals surface area contributed by atoms with Gasteiger partial charge in [-0.15, -0.1) is 10.2 Å². The van der Waals surface area contributed by atoms with E-state index >= 15 is 0 Å². The summed E-state index contributed by atoms with van der Waals surface area (Å²) in [5.41, 5.74) is 3.08. The Hall–Kier alpha value is -3.65. The number of aromatic nitrogens is 2. The summed E-state index contributed by atoms with van der Waals surface area (Å²) in [5, 5.41) is 14.4. The minimum absolute atomic E-state index is 0.322. The number of methoxy groups -OCH3 is 1. The predicted molar refractivity (Wildman–Crippen MR) is 123 cm³/mol. The van der Waals surface area contributed by atoms with Gasteiger partial charge in [0.15, 0.2) is 5.82 Å². The Morgan fingerprint density at radius 1 is 0.903 bits per heavy atom. The lowest BCUT2D eigenvalue weighted by Gasteiger charge is -2.32. The fourth-order valence-electron chi connectivity index (χ4n) is 3.40. The van der Waals surface area contributed by atoms with Crippen LogP contribution in [0.25, 0.3) is 11.3 Å². The third kappa shape index (κ3) is 5.29. The summed E-state index contributed by atoms with van der Waals surface area (Å²) in [4.78, 5) is 16.8. The van der Waals surface area contributed by atoms with Crippen molar-refractivity contribution in [3.8, 4) is 17.0 Å². The number of carbonyl (C=O) groups is 1. The monoisotopic (exact) mass is 418 g/mol. The number of ether oxygens (including phenoxy) is 1. The Kier molecular flexibility index (Phi) is 6.28. The second-order valence-electron chi connectivity index (χ2n) is 7.46. The zero-order chi connectivity index (χ0) is 21.6. The normalized spacial score (nSPS) is 14.2. The average Bonchev–Trinajstić information content (AvgIpc) is 2.80. The third-order valence-corrected chi connectivity index (χ3v) is 5.24. The van der Waals surface area contributed by atoms with Crippen molar-refractivity contribution in [1.82, 2.24) is 15.1 Å². The molecule has 1 aromatic heterocycles. The van der Waals surface area contributed by atoms with Crippen LogP contribution in [0.15, 0.2) is 60.7 Å². The van der Waals surface area contributed by atoms with Gasteiger partial charge in [0.1, 0.15) is 5.75 Å². The van der Waals surface area contributed by atoms with Crippen LogP contribution >= 0.6 is 0 Å². The van der Waals surface area contributed by atoms with Crippen LogP contribution in [-0.4, -0.2) is 61.5 Å². The van der Waals surface area contributed by atoms with Gasteiger partial charge >= 0.3 is 6.03 Å². The maximum atomic E-state index is 12.3. The van der Waals surface area contributed by atoms with Crippen molar-refractivity contribution >= 4 is 23.2 Å². The van der Waals surface area contributed by atoms with E-state index < -0.39 is 0 Å². The van der Waals surface area contributed by atoms with E-state index in [1.807, 2.05) is 48.5 Å². The van der Waals surface area contributed by atoms with Crippen LogP contribution in [0, 0.1) is 0 Å². The molecule has 1 aliphatic heterocycles. The molecule has 0 atom stereocenters. The number of piperazine rings is 1. The van der Waals surface area contributed by atoms with Crippen LogP contribution in [-0.2, 0) is 0 Å². The van der Waals surface area contributed by atoms with Crippen molar-refractivity contribution in [2.24, 2.45) is 0 Å². The highest BCUT2D eigenvalue weighted by atomic mass is 16.5. The van der Waals surface area contributed by atoms with Crippen LogP contribution in [0.3, 0.4) is 0 Å². The molecule has 3 aromatic rings. The zero-order valence-electron chi connectivity index (χ0n) is 17.7. The quantitative estimate of drug-likeness (QED) is 0.659. The van der Waals surface area contributed by atoms with Gasteiger partial charge in [0.25, 0.3) is 0 Å². The molecule has 1 saturated heterocycles. The molecule has 2 amide bonds. The van der Waals surface area contributed by atoms with Gasteiger partial charge in [-0.2, -0.15) is 0 Å². The molecule has 0 saturated carbocycles. The molecule has 1 fully saturated rings. The van der Waals surface area contributed by atoms with Crippen molar-refractivity contribution in [2.75, 3.05) is 55.9 Å². The van der Waals surface area contributed by atoms with Crippen molar-refractivity contribution < 1.29 is 9.53 Å². The van der Waals surface area contributed by atoms with Crippen LogP contribution in [0.1, 0.15) is 0 Å². The molecular formula is C23H26N6O2. The van der Waals surface area contributed by atoms with Gasteiger partial charge in [0, 0.05) is 49.2 Å². The van der Waals surface area contributed by atoms with E-state index in [1.54, 1.807) is 19.2 Å². The molecule has 2 N–H and O–H groups in total. The Morgan fingerprint density at radius 2 is 1.65 bits per heavy atom. The fourth-order valence-corrected chi connectivity index (χ4v) is 3.40. The van der Waals surface area contributed by atoms with Crippen LogP contribution in [0.5, 0.6) is 5.75 Å². The van der Waals surface area contributed by atoms with Gasteiger partial charge in [-0.3, -0.25) is 0 Å². The summed E-state index contributed by atoms with van der Waals surface area (Å²) < 4.78 is 5.17. The molecule has 0 aliphatic carbocycles. The first-order valence-electron chi connectivity index (χ1n) is 10.2. The number of urea groups is 1. The van der Waals surface area contributed by atoms with E-state index in [4.69, 9.17) is 4.74 Å². The van der Waals surface area contributed by atoms with Crippen LogP contribution < -0.4 is 20.3 Å². The van der Waals surface area contributed by atoms with Crippen molar-refractivity contribution in [3.63, 3.8) is 0 Å². The first-order chi connectivity index (χ1) is 15.1. The number of amides is 2. The highest BCUT2D eigenvalue weighted by molar-refractivity contribution is 5.99. The summed E-state index contributed by atoms with van der Waals surface area (Å²) in [7, 11) is 3.72. The number of likely N-dealkylation sites (N-methyl/N-ethyl adjacent to an activating group) is 1. The lowest BCUT2D eigenvalue weighted by molar-refractivity contribution is 0.262. The number of rotatable bonds is 5. The van der Waals surface area contributed by atoms with E-state index in [0.29, 0.717) is 17.1 Å². The van der Waals surface area contributed by atoms with Crippen LogP contribution in [0.2, 0.25) is 0 Å². The summed E-state index contributed by atoms with van der Waals surface area (Å²) in [6.07, 6.45) is 0. The largest absolute Gasteiger partial charge is 0.497 e. The van der Waals surface area contributed by atoms with E-state index in [0.717, 1.165) is 43.3 Å². The second-order valence-corrected chi connectivity index (χ2v) is 7.46. The topological polar surface area (TPSA) is 82.6 Å². The van der Waals surface area contributed by atoms with E-state index in [-0.39, 0.29) is 6.03 Å². The van der Waals surface area contributed by atoms with Gasteiger partial charge in [-0.25, -0.2) is 4.79 Å². The van der Waals surface area contributed by atoms with Crippen LogP contribution in [0.4, 0.5) is 22.0 Å². The van der Waals surface area contributed by atoms with Gasteiger partial charge < -0.3 is 25.2 Å². The predicted octanol–water partition coefficient (Wildman–Crippen LogP) is 3.55. The Morgan fingerprint density at radius 3 is 2.32 bits per heavy atom. The Labute approximate surface area is 181 Å². The molecule has 0 radical (unpaired) electrons. The van der Waals surface area contributed by atoms with Gasteiger partial charge in [0.2, 0.25) is 0 Å². The molecule has 31 heavy (non-hydrogen) atoms. The van der Waals surface area contributed by atoms with E-state index in [1.165, 1.54) is 0 Å². The number of nitrogens with one attached hydrogen (secondary N) is 2. The molecule has 2 heterocycles. The van der Waals surface area contributed by atoms with Crippen molar-refractivity contribution in [2.45, 2.75) is 0 Å². The molecular weight excluding hydrogens is 392 g/mol. The maximum absolute atomic E-state index is 12.3. The van der Waals surface area contributed by atoms with Gasteiger partial charge in [-0.05, 0) is 43.4 Å². The maximum Gasteiger partial charge on any atom is 0.323 e. The summed E-state index contributed by atoms with van der Waals surface area (Å²) in [6.45, 7) is 3.98. The fraction of sp³-hybridized carbons (Fsp3) is 0.261. The molecule has 0 spiro atoms. The Bertz CT molecular complexity index is 1010. The molecule has 2 aromatic carbocycles. The van der Waals surface area contributed by atoms with E-state index in [2.05, 4.69) is 37.7 Å². The van der Waals surface area contributed by atoms with Gasteiger partial charge in [0.05, 0.1) is 12.8 Å². The lowest BCUT2D eigenvalue weighted by atomic mass is 10.1. The average molecular weight is 419 g/mol. The minimum atomic E-state index is -0.322. The first kappa shape index (κ1) is 20.6. The highest BCUT2D eigenvalue weighted by Crippen LogP contribution is 2.22. The van der Waals surface area contributed by atoms with Crippen molar-refractivity contribution in [3.05, 3.63) is 60.7 Å². The number of hydrogen-bond donors (Lipinski definition) is 2. The minimum Gasteiger partial charge on any atom is -0.497 e. The molecule has 4 rings (SSSR count).